The van der Waals surface area contributed by atoms with Crippen LogP contribution in [0.1, 0.15) is 6.92 Å². The van der Waals surface area contributed by atoms with E-state index in [-0.39, 0.29) is 5.91 Å². The minimum atomic E-state index is -0.514. The van der Waals surface area contributed by atoms with Crippen LogP contribution in [0.4, 0.5) is 0 Å². The Morgan fingerprint density at radius 2 is 1.31 bits per heavy atom. The van der Waals surface area contributed by atoms with Gasteiger partial charge in [0.25, 0.3) is 6.48 Å². The van der Waals surface area contributed by atoms with E-state index >= 15 is 0 Å². The third-order valence-electron chi connectivity index (χ3n) is 1.21. The van der Waals surface area contributed by atoms with Crippen LogP contribution in [0.2, 0.25) is 0 Å². The summed E-state index contributed by atoms with van der Waals surface area (Å²) in [5, 5.41) is 0. The highest BCUT2D eigenvalue weighted by atomic mass is 16.8. The Labute approximate surface area is 79.6 Å². The van der Waals surface area contributed by atoms with Crippen molar-refractivity contribution in [3.05, 3.63) is 0 Å². The number of rotatable bonds is 3. The van der Waals surface area contributed by atoms with E-state index in [9.17, 15) is 4.79 Å². The molecule has 0 aromatic carbocycles. The van der Waals surface area contributed by atoms with Crippen LogP contribution in [0.15, 0.2) is 0 Å². The van der Waals surface area contributed by atoms with Gasteiger partial charge >= 0.3 is 0 Å². The molecule has 0 unspecified atom stereocenters. The van der Waals surface area contributed by atoms with Crippen LogP contribution >= 0.6 is 0 Å². The molecular weight excluding hydrogens is 174 g/mol. The summed E-state index contributed by atoms with van der Waals surface area (Å²) in [5.74, 6) is 0.0926. The minimum absolute atomic E-state index is 0.0926. The number of amides is 1. The fourth-order valence-electron chi connectivity index (χ4n) is 0.289. The normalized spacial score (nSPS) is 9.15. The fourth-order valence-corrected chi connectivity index (χ4v) is 0.289. The molecule has 5 heteroatoms. The summed E-state index contributed by atoms with van der Waals surface area (Å²) < 4.78 is 13.8. The highest BCUT2D eigenvalue weighted by molar-refractivity contribution is 5.72. The van der Waals surface area contributed by atoms with Crippen LogP contribution in [0, 0.1) is 0 Å². The molecule has 0 aromatic heterocycles. The van der Waals surface area contributed by atoms with Crippen molar-refractivity contribution in [2.24, 2.45) is 0 Å². The topological polar surface area (TPSA) is 48.0 Å². The van der Waals surface area contributed by atoms with Gasteiger partial charge in [0.05, 0.1) is 0 Å². The highest BCUT2D eigenvalue weighted by Gasteiger charge is 1.96. The summed E-state index contributed by atoms with van der Waals surface area (Å²) in [5.41, 5.74) is 0. The molecule has 0 aliphatic rings. The zero-order valence-electron chi connectivity index (χ0n) is 9.16. The summed E-state index contributed by atoms with van der Waals surface area (Å²) in [6.07, 6.45) is 0. The minimum Gasteiger partial charge on any atom is -0.349 e. The predicted molar refractivity (Wildman–Crippen MR) is 49.2 cm³/mol. The van der Waals surface area contributed by atoms with Crippen molar-refractivity contribution in [2.75, 3.05) is 35.4 Å². The molecule has 1 amide bonds. The van der Waals surface area contributed by atoms with E-state index in [0.29, 0.717) is 0 Å². The van der Waals surface area contributed by atoms with Crippen LogP contribution in [0.3, 0.4) is 0 Å². The van der Waals surface area contributed by atoms with Gasteiger partial charge in [-0.05, 0) is 0 Å². The first-order valence-electron chi connectivity index (χ1n) is 3.75. The number of ether oxygens (including phenoxy) is 3. The van der Waals surface area contributed by atoms with Gasteiger partial charge in [0.15, 0.2) is 0 Å². The zero-order valence-corrected chi connectivity index (χ0v) is 9.16. The molecule has 80 valence electrons. The molecule has 0 spiro atoms. The molecule has 0 saturated heterocycles. The Kier molecular flexibility index (Phi) is 10.8. The Bertz CT molecular complexity index is 118. The zero-order chi connectivity index (χ0) is 10.9. The average molecular weight is 193 g/mol. The first kappa shape index (κ1) is 14.9. The van der Waals surface area contributed by atoms with Crippen LogP contribution in [-0.2, 0) is 19.0 Å². The molecule has 0 aliphatic carbocycles. The van der Waals surface area contributed by atoms with Crippen molar-refractivity contribution in [3.63, 3.8) is 0 Å². The second-order valence-corrected chi connectivity index (χ2v) is 2.41. The van der Waals surface area contributed by atoms with Crippen molar-refractivity contribution in [3.8, 4) is 0 Å². The number of nitrogens with zero attached hydrogens (tertiary/aromatic N) is 1. The number of hydrogen-bond donors (Lipinski definition) is 0. The Hall–Kier alpha value is -0.650. The number of methoxy groups -OCH3 is 3. The van der Waals surface area contributed by atoms with Crippen molar-refractivity contribution >= 4 is 5.91 Å². The summed E-state index contributed by atoms with van der Waals surface area (Å²) >= 11 is 0. The van der Waals surface area contributed by atoms with E-state index in [1.165, 1.54) is 33.2 Å². The average Bonchev–Trinajstić information content (AvgIpc) is 2.08. The molecule has 13 heavy (non-hydrogen) atoms. The van der Waals surface area contributed by atoms with Gasteiger partial charge < -0.3 is 19.1 Å². The quantitative estimate of drug-likeness (QED) is 0.605. The summed E-state index contributed by atoms with van der Waals surface area (Å²) in [7, 11) is 7.98. The maximum atomic E-state index is 10.1. The second-order valence-electron chi connectivity index (χ2n) is 2.41. The number of hydrogen-bond acceptors (Lipinski definition) is 4. The van der Waals surface area contributed by atoms with Crippen molar-refractivity contribution in [2.45, 2.75) is 13.4 Å². The molecule has 0 aliphatic heterocycles. The molecule has 0 radical (unpaired) electrons. The molecule has 0 atom stereocenters. The van der Waals surface area contributed by atoms with Crippen LogP contribution < -0.4 is 0 Å². The summed E-state index contributed by atoms with van der Waals surface area (Å²) in [4.78, 5) is 11.6. The van der Waals surface area contributed by atoms with E-state index in [0.717, 1.165) is 0 Å². The van der Waals surface area contributed by atoms with E-state index in [1.807, 2.05) is 0 Å². The molecule has 0 heterocycles. The van der Waals surface area contributed by atoms with Crippen molar-refractivity contribution < 1.29 is 19.0 Å². The Morgan fingerprint density at radius 3 is 1.31 bits per heavy atom. The van der Waals surface area contributed by atoms with E-state index in [2.05, 4.69) is 14.2 Å². The van der Waals surface area contributed by atoms with E-state index in [4.69, 9.17) is 0 Å². The summed E-state index contributed by atoms with van der Waals surface area (Å²) in [6, 6.07) is 0. The number of carbonyl (C=O) groups is 1. The highest BCUT2D eigenvalue weighted by Crippen LogP contribution is 1.87. The maximum absolute atomic E-state index is 10.1. The lowest BCUT2D eigenvalue weighted by Gasteiger charge is -2.08. The largest absolute Gasteiger partial charge is 0.349 e. The Balaban J connectivity index is 0. The fraction of sp³-hybridized carbons (Fsp3) is 0.875. The molecular formula is C8H19NO4. The van der Waals surface area contributed by atoms with Crippen LogP contribution in [0.5, 0.6) is 0 Å². The second kappa shape index (κ2) is 9.44. The van der Waals surface area contributed by atoms with Gasteiger partial charge in [-0.3, -0.25) is 4.79 Å². The van der Waals surface area contributed by atoms with Gasteiger partial charge in [-0.15, -0.1) is 0 Å². The molecule has 0 N–H and O–H groups in total. The molecule has 0 saturated carbocycles. The lowest BCUT2D eigenvalue weighted by Crippen LogP contribution is -2.17. The van der Waals surface area contributed by atoms with Gasteiger partial charge in [-0.1, -0.05) is 0 Å². The van der Waals surface area contributed by atoms with Gasteiger partial charge in [0.1, 0.15) is 0 Å². The summed E-state index contributed by atoms with van der Waals surface area (Å²) in [6.45, 7) is 1.01. The van der Waals surface area contributed by atoms with Gasteiger partial charge in [-0.2, -0.15) is 0 Å². The molecule has 0 bridgehead atoms. The predicted octanol–water partition coefficient (Wildman–Crippen LogP) is 0.304. The molecule has 5 nitrogen and oxygen atoms in total. The standard InChI is InChI=1S/C4H9NO.C4H10O3/c1-4(6)5(2)3;1-5-4(6-2)7-3/h1-3H3;4H,1-3H3. The van der Waals surface area contributed by atoms with Gasteiger partial charge in [0.2, 0.25) is 5.91 Å². The SMILES string of the molecule is CC(=O)N(C)C.COC(OC)OC. The van der Waals surface area contributed by atoms with Gasteiger partial charge in [-0.25, -0.2) is 0 Å². The van der Waals surface area contributed by atoms with Crippen LogP contribution in [-0.4, -0.2) is 52.7 Å². The molecule has 0 rings (SSSR count). The van der Waals surface area contributed by atoms with Crippen molar-refractivity contribution in [1.29, 1.82) is 0 Å². The smallest absolute Gasteiger partial charge is 0.270 e. The molecule has 0 fully saturated rings. The monoisotopic (exact) mass is 193 g/mol. The lowest BCUT2D eigenvalue weighted by molar-refractivity contribution is -0.252. The van der Waals surface area contributed by atoms with Crippen molar-refractivity contribution in [1.82, 2.24) is 4.90 Å². The van der Waals surface area contributed by atoms with Crippen LogP contribution in [0.25, 0.3) is 0 Å². The van der Waals surface area contributed by atoms with E-state index < -0.39 is 6.48 Å². The Morgan fingerprint density at radius 1 is 1.08 bits per heavy atom. The first-order chi connectivity index (χ1) is 5.99. The first-order valence-corrected chi connectivity index (χ1v) is 3.75. The van der Waals surface area contributed by atoms with Gasteiger partial charge in [0, 0.05) is 42.3 Å². The molecule has 0 aromatic rings. The maximum Gasteiger partial charge on any atom is 0.270 e. The third-order valence-corrected chi connectivity index (χ3v) is 1.21. The van der Waals surface area contributed by atoms with E-state index in [1.54, 1.807) is 14.1 Å². The number of carbonyl (C=O) groups excluding carboxylic acids is 1. The third kappa shape index (κ3) is 11.3. The lowest BCUT2D eigenvalue weighted by atomic mass is 10.7.